The number of nitrogens with zero attached hydrogens (tertiary/aromatic N) is 5. The molecule has 1 aromatic carbocycles. The normalized spacial score (nSPS) is 14.6. The van der Waals surface area contributed by atoms with Gasteiger partial charge in [-0.3, -0.25) is 9.48 Å². The van der Waals surface area contributed by atoms with Gasteiger partial charge in [-0.05, 0) is 24.6 Å². The smallest absolute Gasteiger partial charge is 0.257 e. The molecule has 1 aliphatic heterocycles. The van der Waals surface area contributed by atoms with Crippen LogP contribution in [0.15, 0.2) is 42.7 Å². The fourth-order valence-corrected chi connectivity index (χ4v) is 3.40. The quantitative estimate of drug-likeness (QED) is 0.732. The van der Waals surface area contributed by atoms with E-state index in [1.54, 1.807) is 29.1 Å². The first kappa shape index (κ1) is 18.2. The fourth-order valence-electron chi connectivity index (χ4n) is 3.40. The first-order chi connectivity index (χ1) is 13.6. The standard InChI is InChI=1S/C20H23N5O3/c1-3-18(26)16-10-15-13-23(8-9-24(15)22-16)20(27)14-11-21-25(12-14)17-6-4-5-7-19(17)28-2/h4-7,10-12,18,26H,3,8-9,13H2,1-2H3/t18-/m1/s1. The van der Waals surface area contributed by atoms with Gasteiger partial charge >= 0.3 is 0 Å². The van der Waals surface area contributed by atoms with Gasteiger partial charge < -0.3 is 14.7 Å². The van der Waals surface area contributed by atoms with Crippen molar-refractivity contribution in [1.29, 1.82) is 0 Å². The Morgan fingerprint density at radius 2 is 2.14 bits per heavy atom. The monoisotopic (exact) mass is 381 g/mol. The highest BCUT2D eigenvalue weighted by Crippen LogP contribution is 2.23. The van der Waals surface area contributed by atoms with Crippen molar-refractivity contribution in [3.63, 3.8) is 0 Å². The van der Waals surface area contributed by atoms with Crippen LogP contribution in [0.5, 0.6) is 5.75 Å². The molecule has 4 rings (SSSR count). The number of methoxy groups -OCH3 is 1. The minimum absolute atomic E-state index is 0.0776. The number of hydrogen-bond acceptors (Lipinski definition) is 5. The molecule has 28 heavy (non-hydrogen) atoms. The van der Waals surface area contributed by atoms with E-state index in [-0.39, 0.29) is 5.91 Å². The average molecular weight is 381 g/mol. The van der Waals surface area contributed by atoms with Gasteiger partial charge in [-0.25, -0.2) is 4.68 Å². The molecule has 0 saturated carbocycles. The zero-order chi connectivity index (χ0) is 19.7. The number of aliphatic hydroxyl groups is 1. The van der Waals surface area contributed by atoms with Crippen molar-refractivity contribution in [3.8, 4) is 11.4 Å². The van der Waals surface area contributed by atoms with Crippen LogP contribution in [-0.4, -0.2) is 49.1 Å². The lowest BCUT2D eigenvalue weighted by Crippen LogP contribution is -2.38. The molecule has 8 heteroatoms. The number of carbonyl (C=O) groups excluding carboxylic acids is 1. The number of fused-ring (bicyclic) bond motifs is 1. The third-order valence-corrected chi connectivity index (χ3v) is 4.99. The van der Waals surface area contributed by atoms with E-state index in [1.807, 2.05) is 41.9 Å². The number of amides is 1. The van der Waals surface area contributed by atoms with E-state index in [9.17, 15) is 9.90 Å². The van der Waals surface area contributed by atoms with Crippen molar-refractivity contribution in [2.75, 3.05) is 13.7 Å². The summed E-state index contributed by atoms with van der Waals surface area (Å²) in [5.74, 6) is 0.611. The predicted octanol–water partition coefficient (Wildman–Crippen LogP) is 2.18. The van der Waals surface area contributed by atoms with E-state index in [2.05, 4.69) is 10.2 Å². The summed E-state index contributed by atoms with van der Waals surface area (Å²) < 4.78 is 8.89. The SMILES string of the molecule is CC[C@@H](O)c1cc2n(n1)CCN(C(=O)c1cnn(-c3ccccc3OC)c1)C2. The second kappa shape index (κ2) is 7.47. The molecule has 3 heterocycles. The average Bonchev–Trinajstić information content (AvgIpc) is 3.39. The molecular formula is C20H23N5O3. The summed E-state index contributed by atoms with van der Waals surface area (Å²) in [5, 5.41) is 18.8. The van der Waals surface area contributed by atoms with Gasteiger partial charge in [0.2, 0.25) is 0 Å². The molecule has 0 unspecified atom stereocenters. The Morgan fingerprint density at radius 3 is 2.93 bits per heavy atom. The van der Waals surface area contributed by atoms with Crippen molar-refractivity contribution in [2.45, 2.75) is 32.5 Å². The summed E-state index contributed by atoms with van der Waals surface area (Å²) >= 11 is 0. The lowest BCUT2D eigenvalue weighted by molar-refractivity contribution is 0.0705. The lowest BCUT2D eigenvalue weighted by atomic mass is 10.2. The van der Waals surface area contributed by atoms with Gasteiger partial charge in [0.25, 0.3) is 5.91 Å². The first-order valence-corrected chi connectivity index (χ1v) is 9.32. The molecule has 146 valence electrons. The molecule has 1 atom stereocenters. The van der Waals surface area contributed by atoms with Crippen molar-refractivity contribution in [2.24, 2.45) is 0 Å². The molecule has 1 N–H and O–H groups in total. The van der Waals surface area contributed by atoms with Crippen LogP contribution in [0.2, 0.25) is 0 Å². The zero-order valence-electron chi connectivity index (χ0n) is 15.9. The highest BCUT2D eigenvalue weighted by molar-refractivity contribution is 5.93. The second-order valence-electron chi connectivity index (χ2n) is 6.78. The van der Waals surface area contributed by atoms with Crippen LogP contribution in [0.25, 0.3) is 5.69 Å². The van der Waals surface area contributed by atoms with Gasteiger partial charge in [0.1, 0.15) is 11.4 Å². The van der Waals surface area contributed by atoms with Crippen LogP contribution in [-0.2, 0) is 13.1 Å². The third-order valence-electron chi connectivity index (χ3n) is 4.99. The van der Waals surface area contributed by atoms with Crippen LogP contribution in [0.4, 0.5) is 0 Å². The van der Waals surface area contributed by atoms with Crippen molar-refractivity contribution in [1.82, 2.24) is 24.5 Å². The molecular weight excluding hydrogens is 358 g/mol. The van der Waals surface area contributed by atoms with Gasteiger partial charge in [0.05, 0.1) is 49.5 Å². The summed E-state index contributed by atoms with van der Waals surface area (Å²) in [6.07, 6.45) is 3.34. The summed E-state index contributed by atoms with van der Waals surface area (Å²) in [6.45, 7) is 3.55. The van der Waals surface area contributed by atoms with Gasteiger partial charge in [0, 0.05) is 12.7 Å². The maximum Gasteiger partial charge on any atom is 0.257 e. The Bertz CT molecular complexity index is 993. The maximum atomic E-state index is 13.0. The Hall–Kier alpha value is -3.13. The molecule has 2 aromatic heterocycles. The van der Waals surface area contributed by atoms with Crippen LogP contribution in [0.1, 0.15) is 41.2 Å². The van der Waals surface area contributed by atoms with E-state index in [0.29, 0.717) is 43.1 Å². The van der Waals surface area contributed by atoms with Crippen LogP contribution >= 0.6 is 0 Å². The topological polar surface area (TPSA) is 85.4 Å². The highest BCUT2D eigenvalue weighted by Gasteiger charge is 2.25. The van der Waals surface area contributed by atoms with Crippen LogP contribution in [0.3, 0.4) is 0 Å². The molecule has 0 fully saturated rings. The molecule has 0 radical (unpaired) electrons. The zero-order valence-corrected chi connectivity index (χ0v) is 15.9. The Morgan fingerprint density at radius 1 is 1.32 bits per heavy atom. The molecule has 8 nitrogen and oxygen atoms in total. The Balaban J connectivity index is 1.53. The largest absolute Gasteiger partial charge is 0.494 e. The Kier molecular flexibility index (Phi) is 4.87. The first-order valence-electron chi connectivity index (χ1n) is 9.32. The molecule has 0 aliphatic carbocycles. The van der Waals surface area contributed by atoms with Crippen molar-refractivity contribution in [3.05, 3.63) is 59.7 Å². The molecule has 1 amide bonds. The maximum absolute atomic E-state index is 13.0. The van der Waals surface area contributed by atoms with Crippen LogP contribution in [0, 0.1) is 0 Å². The van der Waals surface area contributed by atoms with Gasteiger partial charge in [-0.15, -0.1) is 0 Å². The fraction of sp³-hybridized carbons (Fsp3) is 0.350. The third kappa shape index (κ3) is 3.27. The molecule has 1 aliphatic rings. The molecule has 0 bridgehead atoms. The molecule has 3 aromatic rings. The number of ether oxygens (including phenoxy) is 1. The van der Waals surface area contributed by atoms with Gasteiger partial charge in [-0.1, -0.05) is 19.1 Å². The summed E-state index contributed by atoms with van der Waals surface area (Å²) in [4.78, 5) is 14.7. The number of para-hydroxylation sites is 2. The number of hydrogen-bond donors (Lipinski definition) is 1. The van der Waals surface area contributed by atoms with E-state index >= 15 is 0 Å². The summed E-state index contributed by atoms with van der Waals surface area (Å²) in [5.41, 5.74) is 2.89. The van der Waals surface area contributed by atoms with E-state index in [0.717, 1.165) is 11.4 Å². The van der Waals surface area contributed by atoms with Gasteiger partial charge in [0.15, 0.2) is 0 Å². The minimum atomic E-state index is -0.568. The van der Waals surface area contributed by atoms with Gasteiger partial charge in [-0.2, -0.15) is 10.2 Å². The lowest BCUT2D eigenvalue weighted by Gasteiger charge is -2.27. The number of benzene rings is 1. The van der Waals surface area contributed by atoms with E-state index in [4.69, 9.17) is 4.74 Å². The minimum Gasteiger partial charge on any atom is -0.494 e. The predicted molar refractivity (Wildman–Crippen MR) is 102 cm³/mol. The molecule has 0 saturated heterocycles. The number of rotatable bonds is 5. The second-order valence-corrected chi connectivity index (χ2v) is 6.78. The van der Waals surface area contributed by atoms with E-state index < -0.39 is 6.10 Å². The highest BCUT2D eigenvalue weighted by atomic mass is 16.5. The van der Waals surface area contributed by atoms with Crippen molar-refractivity contribution >= 4 is 5.91 Å². The number of aromatic nitrogens is 4. The number of aliphatic hydroxyl groups excluding tert-OH is 1. The number of carbonyl (C=O) groups is 1. The van der Waals surface area contributed by atoms with Crippen molar-refractivity contribution < 1.29 is 14.6 Å². The molecule has 0 spiro atoms. The summed E-state index contributed by atoms with van der Waals surface area (Å²) in [6, 6.07) is 9.41. The Labute approximate surface area is 163 Å². The van der Waals surface area contributed by atoms with Crippen LogP contribution < -0.4 is 4.74 Å². The summed E-state index contributed by atoms with van der Waals surface area (Å²) in [7, 11) is 1.61. The van der Waals surface area contributed by atoms with E-state index in [1.165, 1.54) is 0 Å².